The highest BCUT2D eigenvalue weighted by Gasteiger charge is 2.36. The minimum atomic E-state index is -0.965. The van der Waals surface area contributed by atoms with E-state index in [1.165, 1.54) is 6.07 Å². The Labute approximate surface area is 211 Å². The van der Waals surface area contributed by atoms with Gasteiger partial charge in [-0.1, -0.05) is 30.3 Å². The van der Waals surface area contributed by atoms with Gasteiger partial charge in [0, 0.05) is 0 Å². The lowest BCUT2D eigenvalue weighted by Crippen LogP contribution is -2.27. The van der Waals surface area contributed by atoms with Gasteiger partial charge in [0.1, 0.15) is 0 Å². The van der Waals surface area contributed by atoms with Gasteiger partial charge in [0.2, 0.25) is 0 Å². The van der Waals surface area contributed by atoms with Gasteiger partial charge in [0.25, 0.3) is 0 Å². The van der Waals surface area contributed by atoms with Crippen molar-refractivity contribution in [2.45, 2.75) is 79.8 Å². The van der Waals surface area contributed by atoms with Gasteiger partial charge in [-0.15, -0.1) is 0 Å². The molecule has 0 N–H and O–H groups in total. The highest BCUT2D eigenvalue weighted by molar-refractivity contribution is 6.18. The lowest BCUT2D eigenvalue weighted by atomic mass is 9.87. The Balaban J connectivity index is 3.09. The molecule has 0 unspecified atom stereocenters. The largest absolute Gasteiger partial charge is 0.459 e. The molecule has 8 nitrogen and oxygen atoms in total. The summed E-state index contributed by atoms with van der Waals surface area (Å²) in [6.45, 7) is 13.2. The molecule has 0 aliphatic rings. The second-order valence-electron chi connectivity index (χ2n) is 9.28. The zero-order chi connectivity index (χ0) is 27.2. The summed E-state index contributed by atoms with van der Waals surface area (Å²) in [4.78, 5) is 53.4. The van der Waals surface area contributed by atoms with Gasteiger partial charge in [-0.3, -0.25) is 0 Å². The molecule has 0 heterocycles. The Bertz CT molecular complexity index is 1110. The van der Waals surface area contributed by atoms with E-state index in [-0.39, 0.29) is 16.7 Å². The van der Waals surface area contributed by atoms with E-state index in [9.17, 15) is 19.2 Å². The molecule has 0 amide bonds. The van der Waals surface area contributed by atoms with Gasteiger partial charge in [-0.05, 0) is 72.6 Å². The Kier molecular flexibility index (Phi) is 9.78. The van der Waals surface area contributed by atoms with Crippen LogP contribution in [0.25, 0.3) is 11.1 Å². The molecule has 0 spiro atoms. The summed E-state index contributed by atoms with van der Waals surface area (Å²) in [6, 6.07) is 10.1. The van der Waals surface area contributed by atoms with E-state index in [2.05, 4.69) is 0 Å². The fourth-order valence-electron chi connectivity index (χ4n) is 3.41. The van der Waals surface area contributed by atoms with E-state index in [0.29, 0.717) is 5.56 Å². The molecule has 8 heteroatoms. The number of hydrogen-bond acceptors (Lipinski definition) is 8. The molecule has 0 aromatic heterocycles. The van der Waals surface area contributed by atoms with Crippen LogP contribution >= 0.6 is 0 Å². The van der Waals surface area contributed by atoms with Crippen LogP contribution in [-0.4, -0.2) is 48.3 Å². The van der Waals surface area contributed by atoms with Crippen LogP contribution in [0.5, 0.6) is 0 Å². The summed E-state index contributed by atoms with van der Waals surface area (Å²) < 4.78 is 21.7. The van der Waals surface area contributed by atoms with Crippen molar-refractivity contribution in [2.24, 2.45) is 0 Å². The second kappa shape index (κ2) is 12.3. The topological polar surface area (TPSA) is 105 Å². The third-order valence-corrected chi connectivity index (χ3v) is 4.62. The van der Waals surface area contributed by atoms with Gasteiger partial charge in [-0.25, -0.2) is 19.2 Å². The SMILES string of the molecule is CC(C)OC(=O)c1cc(-c2ccccc2)c(C(=O)OC(C)C)c(C(=O)OC(C)C)c1C(=O)OC(C)C. The van der Waals surface area contributed by atoms with E-state index >= 15 is 0 Å². The number of carbonyl (C=O) groups excluding carboxylic acids is 4. The van der Waals surface area contributed by atoms with Gasteiger partial charge in [0.05, 0.1) is 46.7 Å². The Morgan fingerprint density at radius 3 is 1.36 bits per heavy atom. The van der Waals surface area contributed by atoms with E-state index in [1.807, 2.05) is 0 Å². The van der Waals surface area contributed by atoms with Crippen LogP contribution in [0.1, 0.15) is 96.8 Å². The van der Waals surface area contributed by atoms with E-state index in [1.54, 1.807) is 85.7 Å². The first-order valence-electron chi connectivity index (χ1n) is 11.9. The van der Waals surface area contributed by atoms with Crippen molar-refractivity contribution in [3.8, 4) is 11.1 Å². The van der Waals surface area contributed by atoms with Crippen molar-refractivity contribution in [1.29, 1.82) is 0 Å². The maximum atomic E-state index is 13.5. The normalized spacial score (nSPS) is 11.1. The molecule has 2 rings (SSSR count). The lowest BCUT2D eigenvalue weighted by Gasteiger charge is -2.22. The second-order valence-corrected chi connectivity index (χ2v) is 9.28. The molecule has 0 saturated carbocycles. The first-order valence-corrected chi connectivity index (χ1v) is 11.9. The summed E-state index contributed by atoms with van der Waals surface area (Å²) in [7, 11) is 0. The smallest absolute Gasteiger partial charge is 0.340 e. The molecule has 0 aliphatic carbocycles. The monoisotopic (exact) mass is 498 g/mol. The summed E-state index contributed by atoms with van der Waals surface area (Å²) >= 11 is 0. The van der Waals surface area contributed by atoms with Crippen molar-refractivity contribution >= 4 is 23.9 Å². The highest BCUT2D eigenvalue weighted by atomic mass is 16.6. The minimum Gasteiger partial charge on any atom is -0.459 e. The quantitative estimate of drug-likeness (QED) is 0.324. The lowest BCUT2D eigenvalue weighted by molar-refractivity contribution is 0.0292. The molecule has 0 fully saturated rings. The van der Waals surface area contributed by atoms with Crippen molar-refractivity contribution in [1.82, 2.24) is 0 Å². The molecular formula is C28H34O8. The highest BCUT2D eigenvalue weighted by Crippen LogP contribution is 2.34. The van der Waals surface area contributed by atoms with Crippen LogP contribution in [0.2, 0.25) is 0 Å². The molecule has 2 aromatic carbocycles. The number of ether oxygens (including phenoxy) is 4. The molecule has 0 saturated heterocycles. The van der Waals surface area contributed by atoms with Crippen LogP contribution in [0, 0.1) is 0 Å². The molecule has 36 heavy (non-hydrogen) atoms. The third-order valence-electron chi connectivity index (χ3n) is 4.62. The molecule has 0 bridgehead atoms. The van der Waals surface area contributed by atoms with Crippen LogP contribution < -0.4 is 0 Å². The van der Waals surface area contributed by atoms with Gasteiger partial charge < -0.3 is 18.9 Å². The van der Waals surface area contributed by atoms with Gasteiger partial charge >= 0.3 is 23.9 Å². The number of esters is 4. The van der Waals surface area contributed by atoms with Crippen molar-refractivity contribution in [3.63, 3.8) is 0 Å². The van der Waals surface area contributed by atoms with E-state index in [0.717, 1.165) is 0 Å². The summed E-state index contributed by atoms with van der Waals surface area (Å²) in [5.41, 5.74) is -0.488. The average molecular weight is 499 g/mol. The number of hydrogen-bond donors (Lipinski definition) is 0. The first kappa shape index (κ1) is 28.6. The Morgan fingerprint density at radius 1 is 0.528 bits per heavy atom. The number of benzene rings is 2. The maximum Gasteiger partial charge on any atom is 0.340 e. The third kappa shape index (κ3) is 7.16. The maximum absolute atomic E-state index is 13.5. The molecular weight excluding hydrogens is 464 g/mol. The van der Waals surface area contributed by atoms with Gasteiger partial charge in [-0.2, -0.15) is 0 Å². The summed E-state index contributed by atoms with van der Waals surface area (Å²) in [5, 5.41) is 0. The fraction of sp³-hybridized carbons (Fsp3) is 0.429. The predicted octanol–water partition coefficient (Wildman–Crippen LogP) is 5.61. The Morgan fingerprint density at radius 2 is 0.917 bits per heavy atom. The van der Waals surface area contributed by atoms with Crippen molar-refractivity contribution in [3.05, 3.63) is 58.7 Å². The first-order chi connectivity index (χ1) is 16.8. The van der Waals surface area contributed by atoms with Crippen LogP contribution in [0.15, 0.2) is 36.4 Å². The predicted molar refractivity (Wildman–Crippen MR) is 134 cm³/mol. The van der Waals surface area contributed by atoms with Crippen LogP contribution in [0.3, 0.4) is 0 Å². The Hall–Kier alpha value is -3.68. The zero-order valence-corrected chi connectivity index (χ0v) is 22.0. The van der Waals surface area contributed by atoms with Crippen LogP contribution in [-0.2, 0) is 18.9 Å². The molecule has 0 atom stereocenters. The van der Waals surface area contributed by atoms with Crippen LogP contribution in [0.4, 0.5) is 0 Å². The van der Waals surface area contributed by atoms with Crippen molar-refractivity contribution in [2.75, 3.05) is 0 Å². The van der Waals surface area contributed by atoms with Gasteiger partial charge in [0.15, 0.2) is 0 Å². The molecule has 0 radical (unpaired) electrons. The molecule has 2 aromatic rings. The standard InChI is InChI=1S/C28H34O8/c1-15(2)33-25(29)21-14-20(19-12-10-9-11-13-19)22(26(30)34-16(3)4)24(28(32)36-18(7)8)23(21)27(31)35-17(5)6/h9-18H,1-8H3. The zero-order valence-electron chi connectivity index (χ0n) is 22.0. The van der Waals surface area contributed by atoms with Crippen molar-refractivity contribution < 1.29 is 38.1 Å². The number of carbonyl (C=O) groups is 4. The fourth-order valence-corrected chi connectivity index (χ4v) is 3.41. The molecule has 194 valence electrons. The molecule has 0 aliphatic heterocycles. The summed E-state index contributed by atoms with van der Waals surface area (Å²) in [6.07, 6.45) is -2.18. The average Bonchev–Trinajstić information content (AvgIpc) is 2.76. The number of rotatable bonds is 9. The summed E-state index contributed by atoms with van der Waals surface area (Å²) in [5.74, 6) is -3.62. The van der Waals surface area contributed by atoms with E-state index in [4.69, 9.17) is 18.9 Å². The van der Waals surface area contributed by atoms with E-state index < -0.39 is 59.4 Å². The minimum absolute atomic E-state index is 0.197.